The van der Waals surface area contributed by atoms with Crippen molar-refractivity contribution in [3.8, 4) is 5.75 Å². The van der Waals surface area contributed by atoms with E-state index < -0.39 is 0 Å². The largest absolute Gasteiger partial charge is 0.507 e. The summed E-state index contributed by atoms with van der Waals surface area (Å²) in [6.07, 6.45) is 7.80. The summed E-state index contributed by atoms with van der Waals surface area (Å²) in [5, 5.41) is 10.5. The molecule has 1 aromatic rings. The smallest absolute Gasteiger partial charge is 0.122 e. The van der Waals surface area contributed by atoms with Gasteiger partial charge in [0.1, 0.15) is 5.75 Å². The molecular formula is C19H30ClNO2. The summed E-state index contributed by atoms with van der Waals surface area (Å²) in [6.45, 7) is 2.86. The zero-order chi connectivity index (χ0) is 15.7. The molecule has 0 spiro atoms. The fraction of sp³-hybridized carbons (Fsp3) is 0.684. The van der Waals surface area contributed by atoms with E-state index >= 15 is 0 Å². The third-order valence-electron chi connectivity index (χ3n) is 5.32. The molecule has 1 saturated carbocycles. The number of rotatable bonds is 3. The van der Waals surface area contributed by atoms with Gasteiger partial charge in [-0.2, -0.15) is 0 Å². The Morgan fingerprint density at radius 2 is 1.87 bits per heavy atom. The van der Waals surface area contributed by atoms with Gasteiger partial charge in [0.15, 0.2) is 0 Å². The highest BCUT2D eigenvalue weighted by Gasteiger charge is 2.34. The summed E-state index contributed by atoms with van der Waals surface area (Å²) in [6, 6.07) is 4.16. The molecule has 1 aliphatic carbocycles. The third-order valence-corrected chi connectivity index (χ3v) is 5.32. The van der Waals surface area contributed by atoms with E-state index in [1.807, 2.05) is 13.0 Å². The Morgan fingerprint density at radius 3 is 2.52 bits per heavy atom. The van der Waals surface area contributed by atoms with Crippen LogP contribution in [0.15, 0.2) is 12.1 Å². The van der Waals surface area contributed by atoms with Crippen LogP contribution in [0.5, 0.6) is 5.75 Å². The Kier molecular flexibility index (Phi) is 6.35. The highest BCUT2D eigenvalue weighted by atomic mass is 35.5. The zero-order valence-corrected chi connectivity index (χ0v) is 15.4. The SMILES string of the molecule is Cc1ccc2c(c1O)CC(C1CCCCC1)OC2CN(C)C.Cl. The van der Waals surface area contributed by atoms with Crippen LogP contribution in [-0.2, 0) is 11.2 Å². The molecular weight excluding hydrogens is 310 g/mol. The second-order valence-electron chi connectivity index (χ2n) is 7.33. The van der Waals surface area contributed by atoms with E-state index in [2.05, 4.69) is 25.1 Å². The highest BCUT2D eigenvalue weighted by Crippen LogP contribution is 2.41. The standard InChI is InChI=1S/C19H29NO2.ClH/c1-13-9-10-15-16(19(13)21)11-17(14-7-5-4-6-8-14)22-18(15)12-20(2)3;/h9-10,14,17-18,21H,4-8,11-12H2,1-3H3;1H. The molecule has 1 fully saturated rings. The number of halogens is 1. The van der Waals surface area contributed by atoms with Crippen molar-refractivity contribution in [1.82, 2.24) is 4.90 Å². The molecule has 130 valence electrons. The molecule has 3 rings (SSSR count). The minimum atomic E-state index is 0. The van der Waals surface area contributed by atoms with Gasteiger partial charge in [-0.25, -0.2) is 0 Å². The van der Waals surface area contributed by atoms with E-state index in [0.29, 0.717) is 11.7 Å². The Labute approximate surface area is 146 Å². The fourth-order valence-corrected chi connectivity index (χ4v) is 4.08. The van der Waals surface area contributed by atoms with Crippen molar-refractivity contribution >= 4 is 12.4 Å². The van der Waals surface area contributed by atoms with Gasteiger partial charge in [-0.3, -0.25) is 0 Å². The third kappa shape index (κ3) is 4.01. The van der Waals surface area contributed by atoms with E-state index in [4.69, 9.17) is 4.74 Å². The average molecular weight is 340 g/mol. The summed E-state index contributed by atoms with van der Waals surface area (Å²) in [7, 11) is 4.17. The van der Waals surface area contributed by atoms with E-state index in [0.717, 1.165) is 24.1 Å². The molecule has 1 aliphatic heterocycles. The lowest BCUT2D eigenvalue weighted by Gasteiger charge is -2.39. The summed E-state index contributed by atoms with van der Waals surface area (Å²) < 4.78 is 6.51. The fourth-order valence-electron chi connectivity index (χ4n) is 4.08. The van der Waals surface area contributed by atoms with Crippen LogP contribution in [0.1, 0.15) is 54.9 Å². The van der Waals surface area contributed by atoms with Gasteiger partial charge >= 0.3 is 0 Å². The maximum Gasteiger partial charge on any atom is 0.122 e. The molecule has 0 amide bonds. The lowest BCUT2D eigenvalue weighted by Crippen LogP contribution is -2.37. The van der Waals surface area contributed by atoms with Gasteiger partial charge < -0.3 is 14.7 Å². The van der Waals surface area contributed by atoms with E-state index in [9.17, 15) is 5.11 Å². The van der Waals surface area contributed by atoms with Crippen LogP contribution >= 0.6 is 12.4 Å². The number of ether oxygens (including phenoxy) is 1. The van der Waals surface area contributed by atoms with Crippen molar-refractivity contribution in [2.24, 2.45) is 5.92 Å². The van der Waals surface area contributed by atoms with Crippen molar-refractivity contribution in [3.63, 3.8) is 0 Å². The molecule has 0 aromatic heterocycles. The monoisotopic (exact) mass is 339 g/mol. The number of phenols is 1. The maximum absolute atomic E-state index is 10.5. The van der Waals surface area contributed by atoms with Crippen LogP contribution in [0.2, 0.25) is 0 Å². The van der Waals surface area contributed by atoms with Crippen LogP contribution in [0.3, 0.4) is 0 Å². The molecule has 23 heavy (non-hydrogen) atoms. The number of aromatic hydroxyl groups is 1. The van der Waals surface area contributed by atoms with Gasteiger partial charge in [-0.1, -0.05) is 31.4 Å². The van der Waals surface area contributed by atoms with Crippen LogP contribution in [0.25, 0.3) is 0 Å². The van der Waals surface area contributed by atoms with Gasteiger partial charge in [0.05, 0.1) is 12.2 Å². The Morgan fingerprint density at radius 1 is 1.17 bits per heavy atom. The van der Waals surface area contributed by atoms with E-state index in [-0.39, 0.29) is 24.6 Å². The quantitative estimate of drug-likeness (QED) is 0.893. The number of likely N-dealkylation sites (N-methyl/N-ethyl adjacent to an activating group) is 1. The zero-order valence-electron chi connectivity index (χ0n) is 14.5. The highest BCUT2D eigenvalue weighted by molar-refractivity contribution is 5.85. The lowest BCUT2D eigenvalue weighted by molar-refractivity contribution is -0.0711. The molecule has 1 aromatic carbocycles. The minimum absolute atomic E-state index is 0. The second-order valence-corrected chi connectivity index (χ2v) is 7.33. The summed E-state index contributed by atoms with van der Waals surface area (Å²) in [5.41, 5.74) is 3.30. The van der Waals surface area contributed by atoms with Crippen LogP contribution in [-0.4, -0.2) is 36.8 Å². The number of phenolic OH excluding ortho intramolecular Hbond substituents is 1. The number of nitrogens with zero attached hydrogens (tertiary/aromatic N) is 1. The Balaban J connectivity index is 0.00000192. The molecule has 0 saturated heterocycles. The van der Waals surface area contributed by atoms with Crippen LogP contribution in [0, 0.1) is 12.8 Å². The molecule has 0 bridgehead atoms. The first-order valence-corrected chi connectivity index (χ1v) is 8.67. The van der Waals surface area contributed by atoms with Crippen molar-refractivity contribution in [2.45, 2.75) is 57.7 Å². The predicted octanol–water partition coefficient (Wildman–Crippen LogP) is 4.25. The summed E-state index contributed by atoms with van der Waals surface area (Å²) >= 11 is 0. The number of benzene rings is 1. The van der Waals surface area contributed by atoms with Crippen molar-refractivity contribution in [2.75, 3.05) is 20.6 Å². The molecule has 2 unspecified atom stereocenters. The molecule has 2 atom stereocenters. The molecule has 1 heterocycles. The number of hydrogen-bond donors (Lipinski definition) is 1. The van der Waals surface area contributed by atoms with Crippen LogP contribution < -0.4 is 0 Å². The van der Waals surface area contributed by atoms with Crippen molar-refractivity contribution in [1.29, 1.82) is 0 Å². The van der Waals surface area contributed by atoms with Crippen molar-refractivity contribution in [3.05, 3.63) is 28.8 Å². The topological polar surface area (TPSA) is 32.7 Å². The Hall–Kier alpha value is -0.770. The number of hydrogen-bond acceptors (Lipinski definition) is 3. The van der Waals surface area contributed by atoms with Gasteiger partial charge in [-0.15, -0.1) is 12.4 Å². The number of aryl methyl sites for hydroxylation is 1. The molecule has 1 N–H and O–H groups in total. The normalized spacial score (nSPS) is 25.0. The average Bonchev–Trinajstić information content (AvgIpc) is 2.51. The minimum Gasteiger partial charge on any atom is -0.507 e. The van der Waals surface area contributed by atoms with Crippen LogP contribution in [0.4, 0.5) is 0 Å². The molecule has 3 nitrogen and oxygen atoms in total. The summed E-state index contributed by atoms with van der Waals surface area (Å²) in [4.78, 5) is 2.18. The lowest BCUT2D eigenvalue weighted by atomic mass is 9.80. The van der Waals surface area contributed by atoms with Gasteiger partial charge in [-0.05, 0) is 50.9 Å². The molecule has 2 aliphatic rings. The predicted molar refractivity (Wildman–Crippen MR) is 96.5 cm³/mol. The maximum atomic E-state index is 10.5. The van der Waals surface area contributed by atoms with E-state index in [1.54, 1.807) is 0 Å². The van der Waals surface area contributed by atoms with Gasteiger partial charge in [0.2, 0.25) is 0 Å². The molecule has 4 heteroatoms. The first-order valence-electron chi connectivity index (χ1n) is 8.67. The first kappa shape index (κ1) is 18.6. The first-order chi connectivity index (χ1) is 10.6. The Bertz CT molecular complexity index is 526. The van der Waals surface area contributed by atoms with Gasteiger partial charge in [0, 0.05) is 18.5 Å². The summed E-state index contributed by atoms with van der Waals surface area (Å²) in [5.74, 6) is 1.15. The molecule has 0 radical (unpaired) electrons. The van der Waals surface area contributed by atoms with E-state index in [1.165, 1.54) is 37.7 Å². The number of fused-ring (bicyclic) bond motifs is 1. The van der Waals surface area contributed by atoms with Crippen molar-refractivity contribution < 1.29 is 9.84 Å². The second kappa shape index (κ2) is 7.87. The van der Waals surface area contributed by atoms with Gasteiger partial charge in [0.25, 0.3) is 0 Å².